The van der Waals surface area contributed by atoms with Gasteiger partial charge in [-0.3, -0.25) is 4.79 Å². The Morgan fingerprint density at radius 1 is 1.11 bits per heavy atom. The molecular formula is C26H29N5O3S. The van der Waals surface area contributed by atoms with Crippen LogP contribution < -0.4 is 10.6 Å². The number of aromatic nitrogens is 2. The Balaban J connectivity index is 1.49. The molecule has 9 heteroatoms. The summed E-state index contributed by atoms with van der Waals surface area (Å²) in [6.07, 6.45) is 3.40. The maximum Gasteiger partial charge on any atom is 0.243 e. The van der Waals surface area contributed by atoms with Gasteiger partial charge in [-0.1, -0.05) is 32.0 Å². The van der Waals surface area contributed by atoms with Crippen LogP contribution in [-0.4, -0.2) is 48.2 Å². The lowest BCUT2D eigenvalue weighted by Crippen LogP contribution is -2.31. The zero-order valence-electron chi connectivity index (χ0n) is 20.3. The molecule has 1 aliphatic heterocycles. The highest BCUT2D eigenvalue weighted by Gasteiger charge is 2.37. The average molecular weight is 492 g/mol. The highest BCUT2D eigenvalue weighted by molar-refractivity contribution is 7.89. The molecule has 3 aromatic rings. The highest BCUT2D eigenvalue weighted by Crippen LogP contribution is 2.43. The van der Waals surface area contributed by atoms with Crippen LogP contribution in [0.15, 0.2) is 53.6 Å². The molecular weight excluding hydrogens is 462 g/mol. The molecule has 1 saturated carbocycles. The number of carbonyl (C=O) groups is 1. The zero-order chi connectivity index (χ0) is 25.1. The van der Waals surface area contributed by atoms with E-state index in [9.17, 15) is 13.2 Å². The molecule has 2 aromatic carbocycles. The van der Waals surface area contributed by atoms with Crippen LogP contribution in [0.25, 0.3) is 22.5 Å². The molecule has 1 amide bonds. The van der Waals surface area contributed by atoms with Crippen molar-refractivity contribution in [3.63, 3.8) is 0 Å². The predicted octanol–water partition coefficient (Wildman–Crippen LogP) is 3.82. The Hall–Kier alpha value is -3.30. The Bertz CT molecular complexity index is 1430. The summed E-state index contributed by atoms with van der Waals surface area (Å²) in [6.45, 7) is 6.42. The SMILES string of the molecule is CC(=O)N1CC(C)(C)c2cc(-c3nc(-c4ccc(S(=O)(=O)N(C)C5CC5)cc4)cnc3N)ccc21. The first kappa shape index (κ1) is 23.4. The molecule has 0 spiro atoms. The van der Waals surface area contributed by atoms with Crippen molar-refractivity contribution < 1.29 is 13.2 Å². The fraction of sp³-hybridized carbons (Fsp3) is 0.346. The van der Waals surface area contributed by atoms with Gasteiger partial charge in [-0.05, 0) is 42.7 Å². The van der Waals surface area contributed by atoms with Crippen molar-refractivity contribution in [2.45, 2.75) is 50.0 Å². The smallest absolute Gasteiger partial charge is 0.243 e. The molecule has 2 aliphatic rings. The van der Waals surface area contributed by atoms with Crippen LogP contribution in [-0.2, 0) is 20.2 Å². The van der Waals surface area contributed by atoms with Crippen LogP contribution in [0.3, 0.4) is 0 Å². The van der Waals surface area contributed by atoms with Gasteiger partial charge in [0.2, 0.25) is 15.9 Å². The van der Waals surface area contributed by atoms with Gasteiger partial charge < -0.3 is 10.6 Å². The Kier molecular flexibility index (Phi) is 5.45. The molecule has 182 valence electrons. The second-order valence-corrected chi connectivity index (χ2v) is 12.0. The van der Waals surface area contributed by atoms with E-state index in [1.807, 2.05) is 18.2 Å². The summed E-state index contributed by atoms with van der Waals surface area (Å²) >= 11 is 0. The molecule has 8 nitrogen and oxygen atoms in total. The van der Waals surface area contributed by atoms with Gasteiger partial charge >= 0.3 is 0 Å². The number of hydrogen-bond donors (Lipinski definition) is 1. The molecule has 2 N–H and O–H groups in total. The first-order chi connectivity index (χ1) is 16.5. The van der Waals surface area contributed by atoms with Crippen molar-refractivity contribution in [1.82, 2.24) is 14.3 Å². The van der Waals surface area contributed by atoms with Gasteiger partial charge in [0.15, 0.2) is 0 Å². The maximum atomic E-state index is 12.8. The highest BCUT2D eigenvalue weighted by atomic mass is 32.2. The molecule has 0 unspecified atom stereocenters. The average Bonchev–Trinajstić information content (AvgIpc) is 3.63. The van der Waals surface area contributed by atoms with E-state index in [1.54, 1.807) is 49.3 Å². The number of hydrogen-bond acceptors (Lipinski definition) is 6. The third-order valence-corrected chi connectivity index (χ3v) is 8.84. The van der Waals surface area contributed by atoms with Gasteiger partial charge in [-0.2, -0.15) is 4.31 Å². The number of nitrogens with two attached hydrogens (primary N) is 1. The number of nitrogen functional groups attached to an aromatic ring is 1. The normalized spacial score (nSPS) is 17.0. The van der Waals surface area contributed by atoms with Crippen molar-refractivity contribution in [3.8, 4) is 22.5 Å². The van der Waals surface area contributed by atoms with Crippen molar-refractivity contribution >= 4 is 27.4 Å². The lowest BCUT2D eigenvalue weighted by Gasteiger charge is -2.19. The van der Waals surface area contributed by atoms with Gasteiger partial charge in [-0.15, -0.1) is 0 Å². The molecule has 0 atom stereocenters. The fourth-order valence-electron chi connectivity index (χ4n) is 4.66. The van der Waals surface area contributed by atoms with E-state index >= 15 is 0 Å². The minimum absolute atomic E-state index is 0.0136. The van der Waals surface area contributed by atoms with Crippen LogP contribution in [0.5, 0.6) is 0 Å². The molecule has 5 rings (SSSR count). The van der Waals surface area contributed by atoms with Crippen molar-refractivity contribution in [2.24, 2.45) is 0 Å². The van der Waals surface area contributed by atoms with Crippen molar-refractivity contribution in [3.05, 3.63) is 54.2 Å². The van der Waals surface area contributed by atoms with Crippen LogP contribution in [0.1, 0.15) is 39.2 Å². The van der Waals surface area contributed by atoms with Crippen LogP contribution in [0.4, 0.5) is 11.5 Å². The van der Waals surface area contributed by atoms with Crippen LogP contribution in [0, 0.1) is 0 Å². The van der Waals surface area contributed by atoms with E-state index < -0.39 is 10.0 Å². The van der Waals surface area contributed by atoms with Gasteiger partial charge in [0.05, 0.1) is 16.8 Å². The van der Waals surface area contributed by atoms with Crippen LogP contribution in [0.2, 0.25) is 0 Å². The van der Waals surface area contributed by atoms with E-state index in [2.05, 4.69) is 18.8 Å². The number of anilines is 2. The lowest BCUT2D eigenvalue weighted by molar-refractivity contribution is -0.116. The molecule has 0 radical (unpaired) electrons. The minimum Gasteiger partial charge on any atom is -0.382 e. The summed E-state index contributed by atoms with van der Waals surface area (Å²) in [5.74, 6) is 0.317. The second kappa shape index (κ2) is 8.13. The lowest BCUT2D eigenvalue weighted by atomic mass is 9.86. The zero-order valence-corrected chi connectivity index (χ0v) is 21.1. The molecule has 0 saturated heterocycles. The van der Waals surface area contributed by atoms with Crippen molar-refractivity contribution in [1.29, 1.82) is 0 Å². The molecule has 1 aromatic heterocycles. The first-order valence-electron chi connectivity index (χ1n) is 11.6. The third-order valence-electron chi connectivity index (χ3n) is 6.91. The monoisotopic (exact) mass is 491 g/mol. The maximum absolute atomic E-state index is 12.8. The van der Waals surface area contributed by atoms with Crippen LogP contribution >= 0.6 is 0 Å². The summed E-state index contributed by atoms with van der Waals surface area (Å²) in [5.41, 5.74) is 10.7. The van der Waals surface area contributed by atoms with E-state index in [1.165, 1.54) is 4.31 Å². The summed E-state index contributed by atoms with van der Waals surface area (Å²) < 4.78 is 27.1. The van der Waals surface area contributed by atoms with E-state index in [0.717, 1.165) is 35.2 Å². The van der Waals surface area contributed by atoms with Gasteiger partial charge in [0, 0.05) is 48.8 Å². The quantitative estimate of drug-likeness (QED) is 0.581. The fourth-order valence-corrected chi connectivity index (χ4v) is 6.07. The molecule has 1 aliphatic carbocycles. The summed E-state index contributed by atoms with van der Waals surface area (Å²) in [6, 6.07) is 12.7. The Morgan fingerprint density at radius 2 is 1.77 bits per heavy atom. The summed E-state index contributed by atoms with van der Waals surface area (Å²) in [7, 11) is -1.88. The number of amides is 1. The molecule has 2 heterocycles. The van der Waals surface area contributed by atoms with Crippen molar-refractivity contribution in [2.75, 3.05) is 24.2 Å². The molecule has 1 fully saturated rings. The van der Waals surface area contributed by atoms with E-state index in [0.29, 0.717) is 23.8 Å². The van der Waals surface area contributed by atoms with Gasteiger partial charge in [0.1, 0.15) is 11.5 Å². The minimum atomic E-state index is -3.51. The number of nitrogens with zero attached hydrogens (tertiary/aromatic N) is 4. The number of fused-ring (bicyclic) bond motifs is 1. The summed E-state index contributed by atoms with van der Waals surface area (Å²) in [4.78, 5) is 23.3. The second-order valence-electron chi connectivity index (χ2n) is 9.99. The Labute approximate surface area is 205 Å². The van der Waals surface area contributed by atoms with E-state index in [4.69, 9.17) is 10.7 Å². The number of benzene rings is 2. The summed E-state index contributed by atoms with van der Waals surface area (Å²) in [5, 5.41) is 0. The first-order valence-corrected chi connectivity index (χ1v) is 13.1. The number of sulfonamides is 1. The van der Waals surface area contributed by atoms with Gasteiger partial charge in [-0.25, -0.2) is 18.4 Å². The predicted molar refractivity (Wildman–Crippen MR) is 136 cm³/mol. The topological polar surface area (TPSA) is 109 Å². The van der Waals surface area contributed by atoms with Gasteiger partial charge in [0.25, 0.3) is 0 Å². The van der Waals surface area contributed by atoms with E-state index in [-0.39, 0.29) is 22.3 Å². The number of rotatable bonds is 5. The standard InChI is InChI=1S/C26H29N5O3S/c1-16(32)31-15-26(2,3)21-13-18(7-12-23(21)31)24-25(27)28-14-22(29-24)17-5-10-20(11-6-17)35(33,34)30(4)19-8-9-19/h5-7,10-14,19H,8-9,15H2,1-4H3,(H2,27,28). The molecule has 0 bridgehead atoms. The molecule has 35 heavy (non-hydrogen) atoms. The largest absolute Gasteiger partial charge is 0.382 e. The third kappa shape index (κ3) is 4.08. The number of carbonyl (C=O) groups excluding carboxylic acids is 1. The Morgan fingerprint density at radius 3 is 2.40 bits per heavy atom.